The van der Waals surface area contributed by atoms with E-state index >= 15 is 0 Å². The summed E-state index contributed by atoms with van der Waals surface area (Å²) in [6.07, 6.45) is 7.14. The van der Waals surface area contributed by atoms with E-state index in [1.54, 1.807) is 18.5 Å². The van der Waals surface area contributed by atoms with Gasteiger partial charge in [-0.3, -0.25) is 4.79 Å². The quantitative estimate of drug-likeness (QED) is 0.937. The number of rotatable bonds is 4. The first-order chi connectivity index (χ1) is 10.7. The summed E-state index contributed by atoms with van der Waals surface area (Å²) >= 11 is 0. The maximum atomic E-state index is 12.0. The Morgan fingerprint density at radius 2 is 2.18 bits per heavy atom. The molecule has 1 aliphatic heterocycles. The molecule has 0 aromatic carbocycles. The van der Waals surface area contributed by atoms with Crippen molar-refractivity contribution >= 4 is 11.7 Å². The molecule has 1 aliphatic rings. The van der Waals surface area contributed by atoms with Crippen LogP contribution in [0.5, 0.6) is 0 Å². The third-order valence-electron chi connectivity index (χ3n) is 3.98. The van der Waals surface area contributed by atoms with Crippen molar-refractivity contribution < 1.29 is 9.21 Å². The first kappa shape index (κ1) is 14.6. The molecule has 3 rings (SSSR count). The Morgan fingerprint density at radius 3 is 2.82 bits per heavy atom. The number of furan rings is 1. The predicted octanol–water partition coefficient (Wildman–Crippen LogP) is 2.24. The van der Waals surface area contributed by atoms with Crippen molar-refractivity contribution in [2.45, 2.75) is 26.3 Å². The topological polar surface area (TPSA) is 71.3 Å². The molecule has 0 saturated carbocycles. The second kappa shape index (κ2) is 6.60. The summed E-state index contributed by atoms with van der Waals surface area (Å²) in [6, 6.07) is 3.60. The highest BCUT2D eigenvalue weighted by Crippen LogP contribution is 2.20. The molecule has 0 radical (unpaired) electrons. The highest BCUT2D eigenvalue weighted by Gasteiger charge is 2.17. The molecule has 1 amide bonds. The first-order valence-electron chi connectivity index (χ1n) is 7.60. The molecular weight excluding hydrogens is 280 g/mol. The minimum Gasteiger partial charge on any atom is -0.467 e. The molecule has 0 spiro atoms. The molecule has 1 saturated heterocycles. The molecule has 0 unspecified atom stereocenters. The Kier molecular flexibility index (Phi) is 4.37. The first-order valence-corrected chi connectivity index (χ1v) is 7.60. The summed E-state index contributed by atoms with van der Waals surface area (Å²) in [5, 5.41) is 2.76. The number of nitrogens with zero attached hydrogens (tertiary/aromatic N) is 3. The molecule has 116 valence electrons. The van der Waals surface area contributed by atoms with Gasteiger partial charge in [0.15, 0.2) is 0 Å². The van der Waals surface area contributed by atoms with Crippen LogP contribution in [0.15, 0.2) is 35.2 Å². The average molecular weight is 300 g/mol. The molecule has 6 nitrogen and oxygen atoms in total. The summed E-state index contributed by atoms with van der Waals surface area (Å²) < 4.78 is 5.17. The lowest BCUT2D eigenvalue weighted by molar-refractivity contribution is 0.0942. The molecule has 1 fully saturated rings. The van der Waals surface area contributed by atoms with E-state index in [1.807, 2.05) is 6.07 Å². The fourth-order valence-electron chi connectivity index (χ4n) is 2.51. The van der Waals surface area contributed by atoms with Crippen LogP contribution in [0.1, 0.15) is 36.0 Å². The van der Waals surface area contributed by atoms with Crippen molar-refractivity contribution in [2.75, 3.05) is 18.0 Å². The highest BCUT2D eigenvalue weighted by atomic mass is 16.3. The van der Waals surface area contributed by atoms with Crippen LogP contribution in [-0.2, 0) is 6.54 Å². The molecular formula is C16H20N4O2. The van der Waals surface area contributed by atoms with Crippen molar-refractivity contribution in [1.29, 1.82) is 0 Å². The van der Waals surface area contributed by atoms with Crippen LogP contribution in [0.25, 0.3) is 0 Å². The summed E-state index contributed by atoms with van der Waals surface area (Å²) in [5.74, 6) is 2.08. The zero-order valence-corrected chi connectivity index (χ0v) is 12.7. The zero-order valence-electron chi connectivity index (χ0n) is 12.7. The van der Waals surface area contributed by atoms with Gasteiger partial charge in [0.05, 0.1) is 25.2 Å². The Morgan fingerprint density at radius 1 is 1.36 bits per heavy atom. The van der Waals surface area contributed by atoms with Gasteiger partial charge in [0, 0.05) is 13.1 Å². The van der Waals surface area contributed by atoms with Gasteiger partial charge in [0.2, 0.25) is 0 Å². The van der Waals surface area contributed by atoms with E-state index in [0.29, 0.717) is 18.0 Å². The van der Waals surface area contributed by atoms with E-state index in [9.17, 15) is 4.79 Å². The van der Waals surface area contributed by atoms with Crippen LogP contribution in [0, 0.1) is 5.92 Å². The van der Waals surface area contributed by atoms with Crippen LogP contribution in [-0.4, -0.2) is 29.0 Å². The summed E-state index contributed by atoms with van der Waals surface area (Å²) in [4.78, 5) is 22.8. The molecule has 2 aromatic rings. The summed E-state index contributed by atoms with van der Waals surface area (Å²) in [7, 11) is 0. The minimum atomic E-state index is -0.247. The SMILES string of the molecule is CC1CCN(c2cnc(C(=O)NCc3ccco3)cn2)CC1. The normalized spacial score (nSPS) is 15.8. The van der Waals surface area contributed by atoms with Crippen molar-refractivity contribution in [3.63, 3.8) is 0 Å². The number of nitrogens with one attached hydrogen (secondary N) is 1. The van der Waals surface area contributed by atoms with Gasteiger partial charge < -0.3 is 14.6 Å². The molecule has 1 N–H and O–H groups in total. The van der Waals surface area contributed by atoms with Gasteiger partial charge in [-0.15, -0.1) is 0 Å². The molecule has 22 heavy (non-hydrogen) atoms. The molecule has 3 heterocycles. The fourth-order valence-corrected chi connectivity index (χ4v) is 2.51. The van der Waals surface area contributed by atoms with Crippen LogP contribution in [0.2, 0.25) is 0 Å². The van der Waals surface area contributed by atoms with E-state index < -0.39 is 0 Å². The number of aromatic nitrogens is 2. The second-order valence-electron chi connectivity index (χ2n) is 5.69. The third-order valence-corrected chi connectivity index (χ3v) is 3.98. The van der Waals surface area contributed by atoms with Crippen LogP contribution >= 0.6 is 0 Å². The summed E-state index contributed by atoms with van der Waals surface area (Å²) in [6.45, 7) is 4.62. The number of piperidine rings is 1. The van der Waals surface area contributed by atoms with Crippen molar-refractivity contribution in [2.24, 2.45) is 5.92 Å². The molecule has 0 atom stereocenters. The highest BCUT2D eigenvalue weighted by molar-refractivity contribution is 5.91. The smallest absolute Gasteiger partial charge is 0.271 e. The lowest BCUT2D eigenvalue weighted by atomic mass is 9.99. The van der Waals surface area contributed by atoms with Crippen molar-refractivity contribution in [3.8, 4) is 0 Å². The molecule has 6 heteroatoms. The second-order valence-corrected chi connectivity index (χ2v) is 5.69. The number of carbonyl (C=O) groups excluding carboxylic acids is 1. The van der Waals surface area contributed by atoms with Gasteiger partial charge in [-0.05, 0) is 30.9 Å². The van der Waals surface area contributed by atoms with E-state index in [1.165, 1.54) is 19.0 Å². The van der Waals surface area contributed by atoms with E-state index in [-0.39, 0.29) is 5.91 Å². The number of amides is 1. The Bertz CT molecular complexity index is 602. The number of carbonyl (C=O) groups is 1. The largest absolute Gasteiger partial charge is 0.467 e. The van der Waals surface area contributed by atoms with Crippen molar-refractivity contribution in [1.82, 2.24) is 15.3 Å². The number of anilines is 1. The predicted molar refractivity (Wildman–Crippen MR) is 82.5 cm³/mol. The third kappa shape index (κ3) is 3.44. The lowest BCUT2D eigenvalue weighted by Crippen LogP contribution is -2.33. The van der Waals surface area contributed by atoms with Crippen LogP contribution < -0.4 is 10.2 Å². The zero-order chi connectivity index (χ0) is 15.4. The maximum absolute atomic E-state index is 12.0. The molecule has 0 bridgehead atoms. The minimum absolute atomic E-state index is 0.247. The maximum Gasteiger partial charge on any atom is 0.271 e. The Labute approximate surface area is 129 Å². The number of hydrogen-bond donors (Lipinski definition) is 1. The average Bonchev–Trinajstić information content (AvgIpc) is 3.07. The van der Waals surface area contributed by atoms with E-state index in [0.717, 1.165) is 24.8 Å². The van der Waals surface area contributed by atoms with E-state index in [2.05, 4.69) is 27.1 Å². The van der Waals surface area contributed by atoms with Crippen LogP contribution in [0.3, 0.4) is 0 Å². The molecule has 2 aromatic heterocycles. The monoisotopic (exact) mass is 300 g/mol. The lowest BCUT2D eigenvalue weighted by Gasteiger charge is -2.30. The van der Waals surface area contributed by atoms with Gasteiger partial charge in [-0.2, -0.15) is 0 Å². The van der Waals surface area contributed by atoms with Gasteiger partial charge in [0.1, 0.15) is 17.3 Å². The summed E-state index contributed by atoms with van der Waals surface area (Å²) in [5.41, 5.74) is 0.320. The van der Waals surface area contributed by atoms with Gasteiger partial charge in [-0.1, -0.05) is 6.92 Å². The Hall–Kier alpha value is -2.37. The molecule has 0 aliphatic carbocycles. The van der Waals surface area contributed by atoms with E-state index in [4.69, 9.17) is 4.42 Å². The van der Waals surface area contributed by atoms with Gasteiger partial charge >= 0.3 is 0 Å². The Balaban J connectivity index is 1.57. The standard InChI is InChI=1S/C16H20N4O2/c1-12-4-6-20(7-5-12)15-11-17-14(10-18-15)16(21)19-9-13-3-2-8-22-13/h2-3,8,10-12H,4-7,9H2,1H3,(H,19,21). The van der Waals surface area contributed by atoms with Gasteiger partial charge in [0.25, 0.3) is 5.91 Å². The fraction of sp³-hybridized carbons (Fsp3) is 0.438. The van der Waals surface area contributed by atoms with Gasteiger partial charge in [-0.25, -0.2) is 9.97 Å². The number of hydrogen-bond acceptors (Lipinski definition) is 5. The van der Waals surface area contributed by atoms with Crippen molar-refractivity contribution in [3.05, 3.63) is 42.2 Å². The van der Waals surface area contributed by atoms with Crippen LogP contribution in [0.4, 0.5) is 5.82 Å².